The first-order valence-corrected chi connectivity index (χ1v) is 17.1. The van der Waals surface area contributed by atoms with Crippen LogP contribution in [0.25, 0.3) is 44.1 Å². The molecular formula is C30H20N2Se2. The second-order valence-corrected chi connectivity index (χ2v) is 13.9. The van der Waals surface area contributed by atoms with Gasteiger partial charge < -0.3 is 0 Å². The molecule has 0 saturated carbocycles. The van der Waals surface area contributed by atoms with Gasteiger partial charge in [0.05, 0.1) is 0 Å². The monoisotopic (exact) mass is 568 g/mol. The molecule has 0 atom stereocenters. The number of benzene rings is 4. The molecule has 2 aromatic heterocycles. The second-order valence-electron chi connectivity index (χ2n) is 7.97. The van der Waals surface area contributed by atoms with Gasteiger partial charge in [0.15, 0.2) is 0 Å². The molecule has 0 N–H and O–H groups in total. The molecular weight excluding hydrogens is 546 g/mol. The number of hydrogen-bond donors (Lipinski definition) is 0. The Morgan fingerprint density at radius 2 is 0.794 bits per heavy atom. The van der Waals surface area contributed by atoms with Crippen molar-refractivity contribution in [2.75, 3.05) is 0 Å². The molecule has 0 spiro atoms. The van der Waals surface area contributed by atoms with E-state index in [0.717, 1.165) is 22.5 Å². The number of aromatic nitrogens is 2. The van der Waals surface area contributed by atoms with Crippen LogP contribution in [0.4, 0.5) is 0 Å². The molecule has 0 saturated heterocycles. The molecule has 0 aliphatic heterocycles. The maximum atomic E-state index is 5.16. The van der Waals surface area contributed by atoms with E-state index in [-0.39, 0.29) is 26.3 Å². The number of rotatable bonds is 5. The van der Waals surface area contributed by atoms with E-state index >= 15 is 0 Å². The second kappa shape index (κ2) is 9.54. The zero-order chi connectivity index (χ0) is 22.7. The van der Waals surface area contributed by atoms with Gasteiger partial charge in [-0.1, -0.05) is 0 Å². The third-order valence-electron chi connectivity index (χ3n) is 5.75. The summed E-state index contributed by atoms with van der Waals surface area (Å²) in [5.74, 6) is 0. The third kappa shape index (κ3) is 4.30. The van der Waals surface area contributed by atoms with Crippen LogP contribution in [-0.4, -0.2) is 36.2 Å². The topological polar surface area (TPSA) is 25.8 Å². The molecule has 4 heteroatoms. The van der Waals surface area contributed by atoms with E-state index in [9.17, 15) is 0 Å². The molecule has 0 aliphatic rings. The van der Waals surface area contributed by atoms with Crippen LogP contribution in [-0.2, 0) is 0 Å². The number of nitrogens with zero attached hydrogens (tertiary/aromatic N) is 2. The van der Waals surface area contributed by atoms with Gasteiger partial charge in [0.1, 0.15) is 0 Å². The van der Waals surface area contributed by atoms with Gasteiger partial charge in [0.2, 0.25) is 0 Å². The van der Waals surface area contributed by atoms with Crippen molar-refractivity contribution in [3.63, 3.8) is 0 Å². The summed E-state index contributed by atoms with van der Waals surface area (Å²) in [4.78, 5) is 10.3. The van der Waals surface area contributed by atoms with Crippen LogP contribution in [0.5, 0.6) is 0 Å². The molecule has 6 rings (SSSR count). The quantitative estimate of drug-likeness (QED) is 0.262. The molecule has 4 aromatic carbocycles. The molecule has 6 aromatic rings. The summed E-state index contributed by atoms with van der Waals surface area (Å²) in [5.41, 5.74) is 4.41. The first-order chi connectivity index (χ1) is 16.8. The molecule has 0 amide bonds. The van der Waals surface area contributed by atoms with Crippen molar-refractivity contribution < 1.29 is 0 Å². The molecule has 0 fully saturated rings. The van der Waals surface area contributed by atoms with E-state index < -0.39 is 0 Å². The van der Waals surface area contributed by atoms with Gasteiger partial charge in [-0.2, -0.15) is 0 Å². The van der Waals surface area contributed by atoms with Crippen LogP contribution in [0.15, 0.2) is 121 Å². The fraction of sp³-hybridized carbons (Fsp3) is 0. The van der Waals surface area contributed by atoms with E-state index in [1.165, 1.54) is 30.7 Å². The molecule has 162 valence electrons. The van der Waals surface area contributed by atoms with Crippen LogP contribution >= 0.6 is 0 Å². The van der Waals surface area contributed by atoms with Gasteiger partial charge in [0.25, 0.3) is 0 Å². The number of hydrogen-bond acceptors (Lipinski definition) is 2. The molecule has 34 heavy (non-hydrogen) atoms. The Kier molecular flexibility index (Phi) is 5.97. The summed E-state index contributed by atoms with van der Waals surface area (Å²) in [6.07, 6.45) is 0. The predicted molar refractivity (Wildman–Crippen MR) is 145 cm³/mol. The fourth-order valence-electron chi connectivity index (χ4n) is 4.05. The number of pyridine rings is 2. The predicted octanol–water partition coefficient (Wildman–Crippen LogP) is 5.39. The zero-order valence-electron chi connectivity index (χ0n) is 18.3. The maximum absolute atomic E-state index is 5.16. The normalized spacial score (nSPS) is 11.2. The van der Waals surface area contributed by atoms with E-state index in [0.29, 0.717) is 0 Å². The first-order valence-electron chi connectivity index (χ1n) is 11.1. The van der Waals surface area contributed by atoms with Crippen LogP contribution in [0, 0.1) is 0 Å². The summed E-state index contributed by atoms with van der Waals surface area (Å²) in [7, 11) is 0. The van der Waals surface area contributed by atoms with Gasteiger partial charge in [-0.15, -0.1) is 0 Å². The van der Waals surface area contributed by atoms with E-state index in [1.54, 1.807) is 0 Å². The van der Waals surface area contributed by atoms with Crippen LogP contribution < -0.4 is 9.18 Å². The van der Waals surface area contributed by atoms with Crippen molar-refractivity contribution in [1.29, 1.82) is 0 Å². The summed E-state index contributed by atoms with van der Waals surface area (Å²) < 4.78 is 2.42. The summed E-state index contributed by atoms with van der Waals surface area (Å²) >= 11 is 0.394. The Labute approximate surface area is 210 Å². The van der Waals surface area contributed by atoms with Crippen molar-refractivity contribution >= 4 is 57.0 Å². The third-order valence-corrected chi connectivity index (χ3v) is 12.2. The van der Waals surface area contributed by atoms with Gasteiger partial charge in [-0.05, 0) is 0 Å². The molecule has 2 nitrogen and oxygen atoms in total. The standard InChI is InChI=1S/C30H20N2Se2/c1-3-11-21(12-4-1)27-19-23-15-7-9-17-25(23)29(31-27)33-34-30-26-18-10-8-16-24(26)20-28(32-30)22-13-5-2-6-14-22/h1-20H. The molecule has 0 aliphatic carbocycles. The zero-order valence-corrected chi connectivity index (χ0v) is 21.7. The van der Waals surface area contributed by atoms with Gasteiger partial charge >= 0.3 is 211 Å². The van der Waals surface area contributed by atoms with Gasteiger partial charge in [-0.3, -0.25) is 0 Å². The van der Waals surface area contributed by atoms with Gasteiger partial charge in [-0.25, -0.2) is 0 Å². The van der Waals surface area contributed by atoms with E-state index in [1.807, 2.05) is 0 Å². The fourth-order valence-corrected chi connectivity index (χ4v) is 10.6. The van der Waals surface area contributed by atoms with Crippen LogP contribution in [0.2, 0.25) is 0 Å². The minimum atomic E-state index is 0.197. The van der Waals surface area contributed by atoms with Crippen molar-refractivity contribution in [2.45, 2.75) is 0 Å². The molecule has 0 unspecified atom stereocenters. The van der Waals surface area contributed by atoms with Crippen molar-refractivity contribution in [1.82, 2.24) is 9.97 Å². The summed E-state index contributed by atoms with van der Waals surface area (Å²) in [5, 5.41) is 5.01. The molecule has 2 heterocycles. The molecule has 0 bridgehead atoms. The van der Waals surface area contributed by atoms with Crippen LogP contribution in [0.3, 0.4) is 0 Å². The average Bonchev–Trinajstić information content (AvgIpc) is 2.92. The number of fused-ring (bicyclic) bond motifs is 2. The van der Waals surface area contributed by atoms with Crippen molar-refractivity contribution in [3.05, 3.63) is 121 Å². The first kappa shape index (κ1) is 21.3. The summed E-state index contributed by atoms with van der Waals surface area (Å²) in [6.45, 7) is 0. The SMILES string of the molecule is c1ccc(-c2cc3ccccc3c([Se][Se]c3nc(-c4ccccc4)cc4ccccc34)n2)cc1. The van der Waals surface area contributed by atoms with Gasteiger partial charge in [0, 0.05) is 0 Å². The Morgan fingerprint density at radius 3 is 1.24 bits per heavy atom. The molecule has 0 radical (unpaired) electrons. The van der Waals surface area contributed by atoms with Crippen molar-refractivity contribution in [3.8, 4) is 22.5 Å². The van der Waals surface area contributed by atoms with Crippen molar-refractivity contribution in [2.24, 2.45) is 0 Å². The van der Waals surface area contributed by atoms with E-state index in [2.05, 4.69) is 121 Å². The average molecular weight is 566 g/mol. The Bertz CT molecular complexity index is 1480. The van der Waals surface area contributed by atoms with E-state index in [4.69, 9.17) is 9.97 Å². The summed E-state index contributed by atoms with van der Waals surface area (Å²) in [6, 6.07) is 42.6. The van der Waals surface area contributed by atoms with Crippen LogP contribution in [0.1, 0.15) is 0 Å². The minimum absolute atomic E-state index is 0.197. The Morgan fingerprint density at radius 1 is 0.412 bits per heavy atom. The Balaban J connectivity index is 1.43. The Hall–Kier alpha value is -3.26.